The van der Waals surface area contributed by atoms with Crippen LogP contribution in [0.3, 0.4) is 0 Å². The third-order valence-corrected chi connectivity index (χ3v) is 5.07. The predicted octanol–water partition coefficient (Wildman–Crippen LogP) is 3.05. The molecule has 1 N–H and O–H groups in total. The standard InChI is InChI=1S/C20H24FN3O4/c1-13-17(18(25)26)12-22-24(13)15-8-10-23(11-9-15)19(27)20(2,3)28-16-6-4-14(21)5-7-16/h4-7,12,15H,8-11H2,1-3H3,(H,25,26). The molecule has 1 aromatic carbocycles. The summed E-state index contributed by atoms with van der Waals surface area (Å²) >= 11 is 0. The molecule has 1 amide bonds. The van der Waals surface area contributed by atoms with Gasteiger partial charge < -0.3 is 14.7 Å². The molecule has 0 bridgehead atoms. The lowest BCUT2D eigenvalue weighted by atomic mass is 10.0. The van der Waals surface area contributed by atoms with Crippen LogP contribution >= 0.6 is 0 Å². The maximum absolute atomic E-state index is 13.0. The van der Waals surface area contributed by atoms with Crippen molar-refractivity contribution in [2.24, 2.45) is 0 Å². The van der Waals surface area contributed by atoms with Crippen LogP contribution in [0.5, 0.6) is 5.75 Å². The molecule has 1 aliphatic heterocycles. The van der Waals surface area contributed by atoms with E-state index in [-0.39, 0.29) is 23.3 Å². The molecule has 28 heavy (non-hydrogen) atoms. The summed E-state index contributed by atoms with van der Waals surface area (Å²) in [5.74, 6) is -1.06. The molecule has 2 heterocycles. The number of halogens is 1. The van der Waals surface area contributed by atoms with Gasteiger partial charge in [0.1, 0.15) is 17.1 Å². The summed E-state index contributed by atoms with van der Waals surface area (Å²) in [6, 6.07) is 5.63. The number of carboxylic acids is 1. The minimum atomic E-state index is -1.08. The van der Waals surface area contributed by atoms with Crippen molar-refractivity contribution < 1.29 is 23.8 Å². The molecule has 7 nitrogen and oxygen atoms in total. The van der Waals surface area contributed by atoms with E-state index in [1.54, 1.807) is 30.4 Å². The fourth-order valence-corrected chi connectivity index (χ4v) is 3.54. The Balaban J connectivity index is 1.63. The monoisotopic (exact) mass is 389 g/mol. The van der Waals surface area contributed by atoms with Gasteiger partial charge in [0.05, 0.1) is 17.9 Å². The van der Waals surface area contributed by atoms with Crippen LogP contribution in [0.2, 0.25) is 0 Å². The average molecular weight is 389 g/mol. The largest absolute Gasteiger partial charge is 0.478 e. The number of hydrogen-bond acceptors (Lipinski definition) is 4. The quantitative estimate of drug-likeness (QED) is 0.850. The Morgan fingerprint density at radius 1 is 1.21 bits per heavy atom. The first kappa shape index (κ1) is 19.9. The van der Waals surface area contributed by atoms with Gasteiger partial charge in [-0.25, -0.2) is 9.18 Å². The van der Waals surface area contributed by atoms with Gasteiger partial charge in [0.2, 0.25) is 0 Å². The van der Waals surface area contributed by atoms with E-state index in [0.717, 1.165) is 0 Å². The lowest BCUT2D eigenvalue weighted by molar-refractivity contribution is -0.146. The summed E-state index contributed by atoms with van der Waals surface area (Å²) in [7, 11) is 0. The number of aromatic nitrogens is 2. The Bertz CT molecular complexity index is 868. The average Bonchev–Trinajstić information content (AvgIpc) is 3.04. The fourth-order valence-electron chi connectivity index (χ4n) is 3.54. The Morgan fingerprint density at radius 2 is 1.82 bits per heavy atom. The molecular weight excluding hydrogens is 365 g/mol. The molecule has 0 atom stereocenters. The van der Waals surface area contributed by atoms with E-state index in [0.29, 0.717) is 37.4 Å². The van der Waals surface area contributed by atoms with Crippen LogP contribution in [0, 0.1) is 12.7 Å². The number of benzene rings is 1. The van der Waals surface area contributed by atoms with Gasteiger partial charge in [0, 0.05) is 13.1 Å². The van der Waals surface area contributed by atoms with Crippen molar-refractivity contribution in [3.63, 3.8) is 0 Å². The summed E-state index contributed by atoms with van der Waals surface area (Å²) in [4.78, 5) is 25.9. The van der Waals surface area contributed by atoms with Gasteiger partial charge in [0.15, 0.2) is 5.60 Å². The highest BCUT2D eigenvalue weighted by Crippen LogP contribution is 2.27. The summed E-state index contributed by atoms with van der Waals surface area (Å²) in [5.41, 5.74) is -0.257. The highest BCUT2D eigenvalue weighted by molar-refractivity contribution is 5.88. The predicted molar refractivity (Wildman–Crippen MR) is 99.9 cm³/mol. The Hall–Kier alpha value is -2.90. The first-order chi connectivity index (χ1) is 13.2. The van der Waals surface area contributed by atoms with Gasteiger partial charge in [-0.15, -0.1) is 0 Å². The molecular formula is C20H24FN3O4. The number of hydrogen-bond donors (Lipinski definition) is 1. The molecule has 0 saturated carbocycles. The van der Waals surface area contributed by atoms with E-state index in [4.69, 9.17) is 4.74 Å². The molecule has 3 rings (SSSR count). The summed E-state index contributed by atoms with van der Waals surface area (Å²) in [6.07, 6.45) is 2.73. The first-order valence-corrected chi connectivity index (χ1v) is 9.20. The van der Waals surface area contributed by atoms with Crippen LogP contribution in [-0.2, 0) is 4.79 Å². The topological polar surface area (TPSA) is 84.7 Å². The number of amides is 1. The lowest BCUT2D eigenvalue weighted by Crippen LogP contribution is -2.51. The Labute approximate surface area is 162 Å². The zero-order valence-electron chi connectivity index (χ0n) is 16.2. The van der Waals surface area contributed by atoms with Crippen LogP contribution in [0.1, 0.15) is 48.8 Å². The molecule has 0 spiro atoms. The smallest absolute Gasteiger partial charge is 0.339 e. The number of rotatable bonds is 5. The van der Waals surface area contributed by atoms with Crippen molar-refractivity contribution >= 4 is 11.9 Å². The molecule has 1 fully saturated rings. The molecule has 1 aliphatic rings. The summed E-state index contributed by atoms with van der Waals surface area (Å²) in [6.45, 7) is 6.19. The van der Waals surface area contributed by atoms with E-state index in [2.05, 4.69) is 5.10 Å². The van der Waals surface area contributed by atoms with Crippen molar-refractivity contribution in [2.75, 3.05) is 13.1 Å². The highest BCUT2D eigenvalue weighted by atomic mass is 19.1. The van der Waals surface area contributed by atoms with E-state index < -0.39 is 11.6 Å². The van der Waals surface area contributed by atoms with Crippen LogP contribution in [0.25, 0.3) is 0 Å². The minimum Gasteiger partial charge on any atom is -0.478 e. The number of nitrogens with zero attached hydrogens (tertiary/aromatic N) is 3. The van der Waals surface area contributed by atoms with Crippen molar-refractivity contribution in [1.82, 2.24) is 14.7 Å². The second-order valence-corrected chi connectivity index (χ2v) is 7.48. The summed E-state index contributed by atoms with van der Waals surface area (Å²) in [5, 5.41) is 13.4. The van der Waals surface area contributed by atoms with E-state index in [1.165, 1.54) is 30.5 Å². The third kappa shape index (κ3) is 4.00. The number of carbonyl (C=O) groups is 2. The number of carboxylic acid groups (broad SMARTS) is 1. The zero-order chi connectivity index (χ0) is 20.5. The molecule has 1 saturated heterocycles. The summed E-state index contributed by atoms with van der Waals surface area (Å²) < 4.78 is 20.6. The molecule has 8 heteroatoms. The van der Waals surface area contributed by atoms with Crippen molar-refractivity contribution in [2.45, 2.75) is 45.3 Å². The second-order valence-electron chi connectivity index (χ2n) is 7.48. The van der Waals surface area contributed by atoms with Gasteiger partial charge in [-0.3, -0.25) is 9.48 Å². The van der Waals surface area contributed by atoms with Gasteiger partial charge in [-0.2, -0.15) is 5.10 Å². The SMILES string of the molecule is Cc1c(C(=O)O)cnn1C1CCN(C(=O)C(C)(C)Oc2ccc(F)cc2)CC1. The van der Waals surface area contributed by atoms with E-state index in [1.807, 2.05) is 0 Å². The number of piperidine rings is 1. The number of carbonyl (C=O) groups excluding carboxylic acids is 1. The molecule has 150 valence electrons. The number of likely N-dealkylation sites (tertiary alicyclic amines) is 1. The van der Waals surface area contributed by atoms with Crippen molar-refractivity contribution in [3.05, 3.63) is 47.5 Å². The van der Waals surface area contributed by atoms with E-state index >= 15 is 0 Å². The highest BCUT2D eigenvalue weighted by Gasteiger charge is 2.36. The van der Waals surface area contributed by atoms with Crippen molar-refractivity contribution in [1.29, 1.82) is 0 Å². The molecule has 2 aromatic rings. The maximum Gasteiger partial charge on any atom is 0.339 e. The fraction of sp³-hybridized carbons (Fsp3) is 0.450. The van der Waals surface area contributed by atoms with E-state index in [9.17, 15) is 19.1 Å². The first-order valence-electron chi connectivity index (χ1n) is 9.20. The zero-order valence-corrected chi connectivity index (χ0v) is 16.2. The van der Waals surface area contributed by atoms with Crippen LogP contribution in [-0.4, -0.2) is 50.4 Å². The Morgan fingerprint density at radius 3 is 2.36 bits per heavy atom. The number of ether oxygens (including phenoxy) is 1. The lowest BCUT2D eigenvalue weighted by Gasteiger charge is -2.37. The normalized spacial score (nSPS) is 15.5. The second kappa shape index (κ2) is 7.61. The molecule has 0 unspecified atom stereocenters. The van der Waals surface area contributed by atoms with Gasteiger partial charge >= 0.3 is 5.97 Å². The Kier molecular flexibility index (Phi) is 5.40. The maximum atomic E-state index is 13.0. The minimum absolute atomic E-state index is 0.0540. The third-order valence-electron chi connectivity index (χ3n) is 5.07. The van der Waals surface area contributed by atoms with Crippen LogP contribution in [0.15, 0.2) is 30.5 Å². The van der Waals surface area contributed by atoms with Crippen LogP contribution < -0.4 is 4.74 Å². The van der Waals surface area contributed by atoms with Gasteiger partial charge in [0.25, 0.3) is 5.91 Å². The molecule has 0 aliphatic carbocycles. The van der Waals surface area contributed by atoms with Crippen molar-refractivity contribution in [3.8, 4) is 5.75 Å². The molecule has 1 aromatic heterocycles. The number of aromatic carboxylic acids is 1. The van der Waals surface area contributed by atoms with Gasteiger partial charge in [-0.05, 0) is 57.9 Å². The van der Waals surface area contributed by atoms with Crippen LogP contribution in [0.4, 0.5) is 4.39 Å². The molecule has 0 radical (unpaired) electrons. The van der Waals surface area contributed by atoms with Gasteiger partial charge in [-0.1, -0.05) is 0 Å².